The third kappa shape index (κ3) is 3.74. The molecule has 2 fully saturated rings. The Bertz CT molecular complexity index is 805. The monoisotopic (exact) mass is 387 g/mol. The van der Waals surface area contributed by atoms with E-state index in [1.165, 1.54) is 9.21 Å². The maximum atomic E-state index is 13.3. The van der Waals surface area contributed by atoms with E-state index in [0.29, 0.717) is 0 Å². The summed E-state index contributed by atoms with van der Waals surface area (Å²) in [6.07, 6.45) is -0.507. The highest BCUT2D eigenvalue weighted by molar-refractivity contribution is 7.89. The molecule has 0 radical (unpaired) electrons. The van der Waals surface area contributed by atoms with Gasteiger partial charge < -0.3 is 4.90 Å². The first kappa shape index (κ1) is 19.2. The minimum absolute atomic E-state index is 0.157. The predicted molar refractivity (Wildman–Crippen MR) is 92.6 cm³/mol. The number of hydrogen-bond acceptors (Lipinski definition) is 4. The Morgan fingerprint density at radius 1 is 1.15 bits per heavy atom. The minimum Gasteiger partial charge on any atom is -0.339 e. The van der Waals surface area contributed by atoms with Gasteiger partial charge in [0.25, 0.3) is 5.92 Å². The fourth-order valence-corrected chi connectivity index (χ4v) is 4.79. The van der Waals surface area contributed by atoms with Crippen LogP contribution in [0.15, 0.2) is 23.1 Å². The van der Waals surface area contributed by atoms with Gasteiger partial charge >= 0.3 is 0 Å². The van der Waals surface area contributed by atoms with Crippen LogP contribution in [0.5, 0.6) is 0 Å². The van der Waals surface area contributed by atoms with E-state index >= 15 is 0 Å². The number of benzene rings is 1. The Kier molecular flexibility index (Phi) is 5.06. The molecule has 0 aliphatic carbocycles. The molecule has 2 aliphatic heterocycles. The lowest BCUT2D eigenvalue weighted by molar-refractivity contribution is -0.134. The fraction of sp³-hybridized carbons (Fsp3) is 0.588. The predicted octanol–water partition coefficient (Wildman–Crippen LogP) is 1.13. The molecule has 144 valence electrons. The Labute approximate surface area is 152 Å². The van der Waals surface area contributed by atoms with Crippen molar-refractivity contribution in [2.45, 2.75) is 37.1 Å². The van der Waals surface area contributed by atoms with Crippen molar-refractivity contribution in [1.29, 1.82) is 0 Å². The molecule has 1 aromatic carbocycles. The second-order valence-corrected chi connectivity index (χ2v) is 8.91. The topological polar surface area (TPSA) is 69.7 Å². The zero-order valence-corrected chi connectivity index (χ0v) is 15.7. The van der Waals surface area contributed by atoms with Gasteiger partial charge in [-0.2, -0.15) is 4.31 Å². The first-order valence-electron chi connectivity index (χ1n) is 8.57. The number of hydrogen-bond donors (Lipinski definition) is 1. The van der Waals surface area contributed by atoms with Crippen LogP contribution in [-0.4, -0.2) is 68.2 Å². The van der Waals surface area contributed by atoms with Gasteiger partial charge in [-0.25, -0.2) is 17.2 Å². The number of aryl methyl sites for hydroxylation is 2. The van der Waals surface area contributed by atoms with Crippen LogP contribution >= 0.6 is 0 Å². The number of rotatable bonds is 3. The van der Waals surface area contributed by atoms with Crippen LogP contribution in [-0.2, 0) is 14.8 Å². The molecule has 0 spiro atoms. The number of nitrogens with one attached hydrogen (secondary N) is 1. The van der Waals surface area contributed by atoms with E-state index in [1.807, 2.05) is 13.8 Å². The van der Waals surface area contributed by atoms with Gasteiger partial charge in [0.2, 0.25) is 15.9 Å². The van der Waals surface area contributed by atoms with E-state index in [9.17, 15) is 22.0 Å². The molecule has 9 heteroatoms. The molecule has 2 saturated heterocycles. The standard InChI is InChI=1S/C17H23F2N3O3S/c1-12-3-4-14(9-13(12)2)26(24,25)22-7-5-21(6-8-22)16(23)15-10-17(18,19)11-20-15/h3-4,9,15,20H,5-8,10-11H2,1-2H3. The van der Waals surface area contributed by atoms with Gasteiger partial charge in [0.1, 0.15) is 0 Å². The Morgan fingerprint density at radius 2 is 1.81 bits per heavy atom. The van der Waals surface area contributed by atoms with E-state index in [2.05, 4.69) is 5.32 Å². The van der Waals surface area contributed by atoms with Crippen molar-refractivity contribution in [3.8, 4) is 0 Å². The molecule has 0 saturated carbocycles. The highest BCUT2D eigenvalue weighted by Gasteiger charge is 2.44. The van der Waals surface area contributed by atoms with Gasteiger partial charge in [0.05, 0.1) is 17.5 Å². The SMILES string of the molecule is Cc1ccc(S(=O)(=O)N2CCN(C(=O)C3CC(F)(F)CN3)CC2)cc1C. The number of amides is 1. The molecule has 1 unspecified atom stereocenters. The van der Waals surface area contributed by atoms with Crippen LogP contribution in [0.2, 0.25) is 0 Å². The lowest BCUT2D eigenvalue weighted by atomic mass is 10.1. The number of carbonyl (C=O) groups excluding carboxylic acids is 1. The van der Waals surface area contributed by atoms with Crippen LogP contribution in [0.1, 0.15) is 17.5 Å². The molecular formula is C17H23F2N3O3S. The summed E-state index contributed by atoms with van der Waals surface area (Å²) < 4.78 is 53.4. The van der Waals surface area contributed by atoms with Crippen LogP contribution in [0.25, 0.3) is 0 Å². The summed E-state index contributed by atoms with van der Waals surface area (Å²) in [6.45, 7) is 3.99. The van der Waals surface area contributed by atoms with Crippen molar-refractivity contribution >= 4 is 15.9 Å². The number of alkyl halides is 2. The summed E-state index contributed by atoms with van der Waals surface area (Å²) in [7, 11) is -3.63. The minimum atomic E-state index is -3.63. The summed E-state index contributed by atoms with van der Waals surface area (Å²) in [5.41, 5.74) is 1.91. The van der Waals surface area contributed by atoms with Gasteiger partial charge in [-0.3, -0.25) is 10.1 Å². The third-order valence-corrected chi connectivity index (χ3v) is 6.97. The Morgan fingerprint density at radius 3 is 2.35 bits per heavy atom. The van der Waals surface area contributed by atoms with Crippen molar-refractivity contribution in [2.75, 3.05) is 32.7 Å². The second kappa shape index (κ2) is 6.86. The molecule has 3 rings (SSSR count). The maximum Gasteiger partial charge on any atom is 0.262 e. The molecule has 1 N–H and O–H groups in total. The van der Waals surface area contributed by atoms with Crippen molar-refractivity contribution in [3.63, 3.8) is 0 Å². The summed E-state index contributed by atoms with van der Waals surface area (Å²) >= 11 is 0. The van der Waals surface area contributed by atoms with E-state index in [1.54, 1.807) is 18.2 Å². The quantitative estimate of drug-likeness (QED) is 0.844. The number of nitrogens with zero attached hydrogens (tertiary/aromatic N) is 2. The molecule has 1 aromatic rings. The zero-order valence-electron chi connectivity index (χ0n) is 14.8. The molecule has 26 heavy (non-hydrogen) atoms. The van der Waals surface area contributed by atoms with Crippen LogP contribution < -0.4 is 5.32 Å². The Balaban J connectivity index is 1.64. The number of sulfonamides is 1. The third-order valence-electron chi connectivity index (χ3n) is 5.07. The molecule has 6 nitrogen and oxygen atoms in total. The molecule has 2 heterocycles. The number of piperazine rings is 1. The molecule has 0 bridgehead atoms. The lowest BCUT2D eigenvalue weighted by Gasteiger charge is -2.35. The van der Waals surface area contributed by atoms with Gasteiger partial charge in [0.15, 0.2) is 0 Å². The summed E-state index contributed by atoms with van der Waals surface area (Å²) in [5.74, 6) is -3.25. The van der Waals surface area contributed by atoms with E-state index < -0.39 is 35.0 Å². The average molecular weight is 387 g/mol. The lowest BCUT2D eigenvalue weighted by Crippen LogP contribution is -2.54. The van der Waals surface area contributed by atoms with Gasteiger partial charge in [-0.15, -0.1) is 0 Å². The highest BCUT2D eigenvalue weighted by atomic mass is 32.2. The maximum absolute atomic E-state index is 13.3. The van der Waals surface area contributed by atoms with E-state index in [4.69, 9.17) is 0 Å². The van der Waals surface area contributed by atoms with Gasteiger partial charge in [-0.1, -0.05) is 6.07 Å². The number of carbonyl (C=O) groups is 1. The molecule has 1 atom stereocenters. The van der Waals surface area contributed by atoms with Gasteiger partial charge in [0, 0.05) is 32.6 Å². The highest BCUT2D eigenvalue weighted by Crippen LogP contribution is 2.27. The van der Waals surface area contributed by atoms with E-state index in [-0.39, 0.29) is 37.0 Å². The zero-order chi connectivity index (χ0) is 19.1. The largest absolute Gasteiger partial charge is 0.339 e. The smallest absolute Gasteiger partial charge is 0.262 e. The van der Waals surface area contributed by atoms with Crippen molar-refractivity contribution < 1.29 is 22.0 Å². The number of halogens is 2. The van der Waals surface area contributed by atoms with Crippen molar-refractivity contribution in [1.82, 2.24) is 14.5 Å². The molecular weight excluding hydrogens is 364 g/mol. The van der Waals surface area contributed by atoms with Crippen LogP contribution in [0.3, 0.4) is 0 Å². The summed E-state index contributed by atoms with van der Waals surface area (Å²) in [5, 5.41) is 2.55. The van der Waals surface area contributed by atoms with Crippen LogP contribution in [0.4, 0.5) is 8.78 Å². The Hall–Kier alpha value is -1.58. The van der Waals surface area contributed by atoms with Gasteiger partial charge in [-0.05, 0) is 37.1 Å². The fourth-order valence-electron chi connectivity index (χ4n) is 3.28. The normalized spacial score (nSPS) is 24.0. The van der Waals surface area contributed by atoms with Crippen molar-refractivity contribution in [2.24, 2.45) is 0 Å². The average Bonchev–Trinajstić information content (AvgIpc) is 2.96. The molecule has 2 aliphatic rings. The second-order valence-electron chi connectivity index (χ2n) is 6.97. The first-order chi connectivity index (χ1) is 12.1. The first-order valence-corrected chi connectivity index (χ1v) is 10.0. The summed E-state index contributed by atoms with van der Waals surface area (Å²) in [6, 6.07) is 4.10. The summed E-state index contributed by atoms with van der Waals surface area (Å²) in [4.78, 5) is 14.1. The van der Waals surface area contributed by atoms with E-state index in [0.717, 1.165) is 11.1 Å². The molecule has 1 amide bonds. The van der Waals surface area contributed by atoms with Crippen molar-refractivity contribution in [3.05, 3.63) is 29.3 Å². The molecule has 0 aromatic heterocycles. The van der Waals surface area contributed by atoms with Crippen LogP contribution in [0, 0.1) is 13.8 Å².